The monoisotopic (exact) mass is 237 g/mol. The summed E-state index contributed by atoms with van der Waals surface area (Å²) < 4.78 is 16.1. The Morgan fingerprint density at radius 3 is 2.76 bits per heavy atom. The summed E-state index contributed by atoms with van der Waals surface area (Å²) in [6.07, 6.45) is 0. The highest BCUT2D eigenvalue weighted by molar-refractivity contribution is 5.45. The zero-order valence-electron chi connectivity index (χ0n) is 10.3. The van der Waals surface area contributed by atoms with Gasteiger partial charge in [0.15, 0.2) is 11.5 Å². The van der Waals surface area contributed by atoms with Crippen molar-refractivity contribution in [2.45, 2.75) is 19.9 Å². The maximum Gasteiger partial charge on any atom is 0.231 e. The van der Waals surface area contributed by atoms with Gasteiger partial charge >= 0.3 is 0 Å². The van der Waals surface area contributed by atoms with Crippen molar-refractivity contribution in [3.8, 4) is 11.5 Å². The molecule has 1 aromatic carbocycles. The molecule has 17 heavy (non-hydrogen) atoms. The number of hydrogen-bond donors (Lipinski definition) is 1. The predicted octanol–water partition coefficient (Wildman–Crippen LogP) is 2.09. The lowest BCUT2D eigenvalue weighted by molar-refractivity contribution is 0.0983. The van der Waals surface area contributed by atoms with Gasteiger partial charge in [0, 0.05) is 6.61 Å². The van der Waals surface area contributed by atoms with Crippen molar-refractivity contribution < 1.29 is 14.2 Å². The Bertz CT molecular complexity index is 379. The molecular formula is C13H19NO3. The van der Waals surface area contributed by atoms with E-state index in [4.69, 9.17) is 19.9 Å². The third-order valence-electron chi connectivity index (χ3n) is 2.57. The van der Waals surface area contributed by atoms with E-state index in [9.17, 15) is 0 Å². The van der Waals surface area contributed by atoms with E-state index < -0.39 is 0 Å². The highest BCUT2D eigenvalue weighted by Crippen LogP contribution is 2.33. The fourth-order valence-electron chi connectivity index (χ4n) is 1.67. The highest BCUT2D eigenvalue weighted by atomic mass is 16.7. The zero-order valence-corrected chi connectivity index (χ0v) is 10.3. The summed E-state index contributed by atoms with van der Waals surface area (Å²) in [7, 11) is 0. The van der Waals surface area contributed by atoms with Gasteiger partial charge in [-0.3, -0.25) is 0 Å². The van der Waals surface area contributed by atoms with Gasteiger partial charge in [-0.1, -0.05) is 19.9 Å². The summed E-state index contributed by atoms with van der Waals surface area (Å²) >= 11 is 0. The van der Waals surface area contributed by atoms with Crippen molar-refractivity contribution in [3.63, 3.8) is 0 Å². The van der Waals surface area contributed by atoms with E-state index in [2.05, 4.69) is 13.8 Å². The second kappa shape index (κ2) is 5.38. The van der Waals surface area contributed by atoms with Crippen LogP contribution in [0, 0.1) is 5.92 Å². The largest absolute Gasteiger partial charge is 0.454 e. The van der Waals surface area contributed by atoms with Crippen molar-refractivity contribution in [3.05, 3.63) is 23.8 Å². The van der Waals surface area contributed by atoms with Crippen molar-refractivity contribution in [2.24, 2.45) is 11.7 Å². The molecule has 2 rings (SSSR count). The summed E-state index contributed by atoms with van der Waals surface area (Å²) in [4.78, 5) is 0. The average molecular weight is 237 g/mol. The molecule has 2 N–H and O–H groups in total. The number of fused-ring (bicyclic) bond motifs is 1. The van der Waals surface area contributed by atoms with E-state index >= 15 is 0 Å². The van der Waals surface area contributed by atoms with E-state index in [1.165, 1.54) is 0 Å². The second-order valence-electron chi connectivity index (χ2n) is 4.65. The first-order valence-corrected chi connectivity index (χ1v) is 5.89. The Morgan fingerprint density at radius 1 is 1.24 bits per heavy atom. The lowest BCUT2D eigenvalue weighted by atomic mass is 10.1. The van der Waals surface area contributed by atoms with Crippen LogP contribution in [0.4, 0.5) is 0 Å². The first-order valence-electron chi connectivity index (χ1n) is 5.89. The molecule has 0 saturated carbocycles. The molecule has 94 valence electrons. The third-order valence-corrected chi connectivity index (χ3v) is 2.57. The van der Waals surface area contributed by atoms with E-state index in [0.29, 0.717) is 12.5 Å². The lowest BCUT2D eigenvalue weighted by Gasteiger charge is -2.14. The molecule has 4 heteroatoms. The second-order valence-corrected chi connectivity index (χ2v) is 4.65. The number of rotatable bonds is 5. The molecule has 1 aromatic rings. The molecule has 0 radical (unpaired) electrons. The Labute approximate surface area is 102 Å². The molecule has 0 fully saturated rings. The molecule has 0 bridgehead atoms. The van der Waals surface area contributed by atoms with Crippen LogP contribution in [0.25, 0.3) is 0 Å². The Kier molecular flexibility index (Phi) is 3.86. The molecule has 0 saturated heterocycles. The average Bonchev–Trinajstić information content (AvgIpc) is 2.75. The van der Waals surface area contributed by atoms with Gasteiger partial charge in [0.1, 0.15) is 0 Å². The van der Waals surface area contributed by atoms with Gasteiger partial charge in [-0.05, 0) is 23.6 Å². The Balaban J connectivity index is 1.92. The van der Waals surface area contributed by atoms with E-state index in [1.807, 2.05) is 18.2 Å². The van der Waals surface area contributed by atoms with E-state index in [0.717, 1.165) is 23.7 Å². The van der Waals surface area contributed by atoms with Gasteiger partial charge in [0.05, 0.1) is 12.6 Å². The van der Waals surface area contributed by atoms with Crippen LogP contribution in [0.1, 0.15) is 25.5 Å². The minimum atomic E-state index is -0.122. The minimum Gasteiger partial charge on any atom is -0.454 e. The van der Waals surface area contributed by atoms with Crippen LogP contribution in [-0.4, -0.2) is 20.0 Å². The minimum absolute atomic E-state index is 0.122. The molecule has 1 aliphatic heterocycles. The molecule has 0 amide bonds. The summed E-state index contributed by atoms with van der Waals surface area (Å²) in [5.41, 5.74) is 7.07. The summed E-state index contributed by atoms with van der Waals surface area (Å²) in [6.45, 7) is 5.78. The molecule has 1 aliphatic rings. The van der Waals surface area contributed by atoms with Crippen molar-refractivity contribution in [1.82, 2.24) is 0 Å². The van der Waals surface area contributed by atoms with Crippen molar-refractivity contribution in [1.29, 1.82) is 0 Å². The summed E-state index contributed by atoms with van der Waals surface area (Å²) in [6, 6.07) is 5.64. The van der Waals surface area contributed by atoms with Gasteiger partial charge in [0.2, 0.25) is 6.79 Å². The van der Waals surface area contributed by atoms with E-state index in [-0.39, 0.29) is 12.8 Å². The van der Waals surface area contributed by atoms with Crippen LogP contribution < -0.4 is 15.2 Å². The molecule has 1 atom stereocenters. The van der Waals surface area contributed by atoms with Gasteiger partial charge in [-0.25, -0.2) is 0 Å². The highest BCUT2D eigenvalue weighted by Gasteiger charge is 2.16. The number of hydrogen-bond acceptors (Lipinski definition) is 4. The Hall–Kier alpha value is -1.26. The molecule has 0 aliphatic carbocycles. The van der Waals surface area contributed by atoms with Crippen molar-refractivity contribution in [2.75, 3.05) is 20.0 Å². The van der Waals surface area contributed by atoms with Crippen LogP contribution >= 0.6 is 0 Å². The zero-order chi connectivity index (χ0) is 12.3. The summed E-state index contributed by atoms with van der Waals surface area (Å²) in [5.74, 6) is 2.07. The fraction of sp³-hybridized carbons (Fsp3) is 0.538. The van der Waals surface area contributed by atoms with Gasteiger partial charge < -0.3 is 19.9 Å². The maximum absolute atomic E-state index is 6.05. The standard InChI is InChI=1S/C13H19NO3/c1-9(2)6-15-7-11(14)10-3-4-12-13(5-10)17-8-16-12/h3-5,9,11H,6-8,14H2,1-2H3. The van der Waals surface area contributed by atoms with Crippen LogP contribution in [0.15, 0.2) is 18.2 Å². The molecule has 1 unspecified atom stereocenters. The number of ether oxygens (including phenoxy) is 3. The molecule has 4 nitrogen and oxygen atoms in total. The van der Waals surface area contributed by atoms with Gasteiger partial charge in [-0.2, -0.15) is 0 Å². The normalized spacial score (nSPS) is 15.3. The number of nitrogens with two attached hydrogens (primary N) is 1. The topological polar surface area (TPSA) is 53.7 Å². The van der Waals surface area contributed by atoms with Gasteiger partial charge in [0.25, 0.3) is 0 Å². The smallest absolute Gasteiger partial charge is 0.231 e. The van der Waals surface area contributed by atoms with Gasteiger partial charge in [-0.15, -0.1) is 0 Å². The van der Waals surface area contributed by atoms with Crippen LogP contribution in [0.2, 0.25) is 0 Å². The molecule has 0 aromatic heterocycles. The quantitative estimate of drug-likeness (QED) is 0.852. The van der Waals surface area contributed by atoms with Crippen LogP contribution in [-0.2, 0) is 4.74 Å². The van der Waals surface area contributed by atoms with Crippen LogP contribution in [0.3, 0.4) is 0 Å². The fourth-order valence-corrected chi connectivity index (χ4v) is 1.67. The van der Waals surface area contributed by atoms with E-state index in [1.54, 1.807) is 0 Å². The molecule has 0 spiro atoms. The summed E-state index contributed by atoms with van der Waals surface area (Å²) in [5, 5.41) is 0. The molecular weight excluding hydrogens is 218 g/mol. The predicted molar refractivity (Wildman–Crippen MR) is 65.2 cm³/mol. The van der Waals surface area contributed by atoms with Crippen LogP contribution in [0.5, 0.6) is 11.5 Å². The first kappa shape index (κ1) is 12.2. The SMILES string of the molecule is CC(C)COCC(N)c1ccc2c(c1)OCO2. The van der Waals surface area contributed by atoms with Crippen molar-refractivity contribution >= 4 is 0 Å². The lowest BCUT2D eigenvalue weighted by Crippen LogP contribution is -2.18. The Morgan fingerprint density at radius 2 is 2.00 bits per heavy atom. The number of benzene rings is 1. The maximum atomic E-state index is 6.05. The molecule has 1 heterocycles. The third kappa shape index (κ3) is 3.11. The first-order chi connectivity index (χ1) is 8.16.